The number of furan rings is 1. The first-order valence-electron chi connectivity index (χ1n) is 6.32. The number of hydrazine groups is 1. The molecule has 120 valence electrons. The van der Waals surface area contributed by atoms with Crippen molar-refractivity contribution in [1.82, 2.24) is 10.9 Å². The smallest absolute Gasteiger partial charge is 0.340 e. The van der Waals surface area contributed by atoms with E-state index in [-0.39, 0.29) is 17.0 Å². The van der Waals surface area contributed by atoms with Crippen LogP contribution in [0, 0.1) is 0 Å². The number of amides is 2. The van der Waals surface area contributed by atoms with Gasteiger partial charge in [0.15, 0.2) is 12.4 Å². The van der Waals surface area contributed by atoms with E-state index in [0.717, 1.165) is 0 Å². The summed E-state index contributed by atoms with van der Waals surface area (Å²) in [7, 11) is 0. The number of carbonyl (C=O) groups excluding carboxylic acids is 3. The fraction of sp³-hybridized carbons (Fsp3) is 0.0714. The second-order valence-electron chi connectivity index (χ2n) is 4.29. The highest BCUT2D eigenvalue weighted by atomic mass is 35.5. The van der Waals surface area contributed by atoms with Crippen molar-refractivity contribution in [2.45, 2.75) is 0 Å². The lowest BCUT2D eigenvalue weighted by molar-refractivity contribution is -0.125. The summed E-state index contributed by atoms with van der Waals surface area (Å²) < 4.78 is 9.62. The molecule has 9 heteroatoms. The molecule has 0 aliphatic rings. The highest BCUT2D eigenvalue weighted by Gasteiger charge is 2.15. The van der Waals surface area contributed by atoms with E-state index in [1.165, 1.54) is 36.6 Å². The first-order chi connectivity index (χ1) is 11.0. The van der Waals surface area contributed by atoms with Gasteiger partial charge in [-0.05, 0) is 30.3 Å². The van der Waals surface area contributed by atoms with Gasteiger partial charge in [0.2, 0.25) is 0 Å². The fourth-order valence-corrected chi connectivity index (χ4v) is 1.72. The predicted molar refractivity (Wildman–Crippen MR) is 80.5 cm³/mol. The number of hydrogen-bond donors (Lipinski definition) is 3. The van der Waals surface area contributed by atoms with E-state index < -0.39 is 24.4 Å². The van der Waals surface area contributed by atoms with Gasteiger partial charge in [0.1, 0.15) is 0 Å². The van der Waals surface area contributed by atoms with E-state index in [1.807, 2.05) is 0 Å². The second kappa shape index (κ2) is 7.32. The zero-order chi connectivity index (χ0) is 16.8. The summed E-state index contributed by atoms with van der Waals surface area (Å²) in [6.45, 7) is -0.608. The van der Waals surface area contributed by atoms with Gasteiger partial charge in [0.05, 0.1) is 11.8 Å². The zero-order valence-corrected chi connectivity index (χ0v) is 12.4. The quantitative estimate of drug-likeness (QED) is 0.436. The summed E-state index contributed by atoms with van der Waals surface area (Å²) in [6, 6.07) is 7.24. The minimum absolute atomic E-state index is 0.0222. The summed E-state index contributed by atoms with van der Waals surface area (Å²) in [5.74, 6) is -2.17. The molecule has 0 saturated heterocycles. The standard InChI is InChI=1S/C14H12ClN3O5/c15-8-3-4-10(16)9(6-8)14(21)23-7-12(19)17-18-13(20)11-2-1-5-22-11/h1-6H,7,16H2,(H,17,19)(H,18,20). The number of carbonyl (C=O) groups is 3. The second-order valence-corrected chi connectivity index (χ2v) is 4.72. The normalized spacial score (nSPS) is 9.96. The van der Waals surface area contributed by atoms with Gasteiger partial charge in [0.25, 0.3) is 5.91 Å². The monoisotopic (exact) mass is 337 g/mol. The summed E-state index contributed by atoms with van der Waals surface area (Å²) in [4.78, 5) is 34.8. The average molecular weight is 338 g/mol. The minimum atomic E-state index is -0.808. The molecule has 1 aromatic heterocycles. The third-order valence-electron chi connectivity index (χ3n) is 2.63. The van der Waals surface area contributed by atoms with E-state index in [9.17, 15) is 14.4 Å². The van der Waals surface area contributed by atoms with Gasteiger partial charge >= 0.3 is 11.9 Å². The lowest BCUT2D eigenvalue weighted by Gasteiger charge is -2.08. The Bertz CT molecular complexity index is 730. The van der Waals surface area contributed by atoms with Crippen molar-refractivity contribution in [2.24, 2.45) is 0 Å². The Balaban J connectivity index is 1.81. The Morgan fingerprint density at radius 1 is 1.22 bits per heavy atom. The van der Waals surface area contributed by atoms with Crippen LogP contribution < -0.4 is 16.6 Å². The molecule has 2 rings (SSSR count). The molecule has 4 N–H and O–H groups in total. The number of ether oxygens (including phenoxy) is 1. The number of nitrogens with two attached hydrogens (primary N) is 1. The van der Waals surface area contributed by atoms with E-state index in [1.54, 1.807) is 0 Å². The number of benzene rings is 1. The maximum atomic E-state index is 11.8. The van der Waals surface area contributed by atoms with Crippen molar-refractivity contribution in [1.29, 1.82) is 0 Å². The van der Waals surface area contributed by atoms with Crippen molar-refractivity contribution < 1.29 is 23.5 Å². The number of rotatable bonds is 4. The number of hydrogen-bond acceptors (Lipinski definition) is 6. The third-order valence-corrected chi connectivity index (χ3v) is 2.87. The van der Waals surface area contributed by atoms with Gasteiger partial charge in [-0.3, -0.25) is 20.4 Å². The van der Waals surface area contributed by atoms with Gasteiger partial charge in [-0.2, -0.15) is 0 Å². The lowest BCUT2D eigenvalue weighted by atomic mass is 10.2. The number of esters is 1. The van der Waals surface area contributed by atoms with E-state index in [4.69, 9.17) is 26.5 Å². The number of anilines is 1. The van der Waals surface area contributed by atoms with Crippen LogP contribution in [0.15, 0.2) is 41.0 Å². The number of nitrogen functional groups attached to an aromatic ring is 1. The summed E-state index contributed by atoms with van der Waals surface area (Å²) in [5, 5.41) is 0.307. The largest absolute Gasteiger partial charge is 0.459 e. The molecule has 0 atom stereocenters. The first-order valence-corrected chi connectivity index (χ1v) is 6.70. The van der Waals surface area contributed by atoms with Crippen molar-refractivity contribution >= 4 is 35.1 Å². The van der Waals surface area contributed by atoms with Crippen LogP contribution in [0.5, 0.6) is 0 Å². The van der Waals surface area contributed by atoms with Gasteiger partial charge in [-0.1, -0.05) is 11.6 Å². The third kappa shape index (κ3) is 4.48. The lowest BCUT2D eigenvalue weighted by Crippen LogP contribution is -2.43. The Morgan fingerprint density at radius 2 is 2.00 bits per heavy atom. The van der Waals surface area contributed by atoms with Gasteiger partial charge < -0.3 is 14.9 Å². The Labute approximate surface area is 135 Å². The van der Waals surface area contributed by atoms with Gasteiger partial charge in [-0.15, -0.1) is 0 Å². The van der Waals surface area contributed by atoms with Crippen LogP contribution in [0.1, 0.15) is 20.9 Å². The van der Waals surface area contributed by atoms with Gasteiger partial charge in [0, 0.05) is 10.7 Å². The molecule has 2 amide bonds. The molecule has 1 heterocycles. The Hall–Kier alpha value is -3.00. The van der Waals surface area contributed by atoms with Crippen LogP contribution in [0.3, 0.4) is 0 Å². The highest BCUT2D eigenvalue weighted by Crippen LogP contribution is 2.18. The zero-order valence-electron chi connectivity index (χ0n) is 11.7. The van der Waals surface area contributed by atoms with Gasteiger partial charge in [-0.25, -0.2) is 4.79 Å². The average Bonchev–Trinajstić information content (AvgIpc) is 3.07. The van der Waals surface area contributed by atoms with Crippen LogP contribution in [0.25, 0.3) is 0 Å². The minimum Gasteiger partial charge on any atom is -0.459 e. The highest BCUT2D eigenvalue weighted by molar-refractivity contribution is 6.31. The maximum Gasteiger partial charge on any atom is 0.340 e. The molecule has 0 unspecified atom stereocenters. The fourth-order valence-electron chi connectivity index (χ4n) is 1.55. The molecule has 8 nitrogen and oxygen atoms in total. The molecular formula is C14H12ClN3O5. The van der Waals surface area contributed by atoms with Crippen molar-refractivity contribution in [3.05, 3.63) is 52.9 Å². The molecule has 0 aliphatic carbocycles. The SMILES string of the molecule is Nc1ccc(Cl)cc1C(=O)OCC(=O)NNC(=O)c1ccco1. The van der Waals surface area contributed by atoms with E-state index in [2.05, 4.69) is 10.9 Å². The summed E-state index contributed by atoms with van der Waals surface area (Å²) in [6.07, 6.45) is 1.31. The molecule has 0 spiro atoms. The Kier molecular flexibility index (Phi) is 5.21. The molecular weight excluding hydrogens is 326 g/mol. The number of nitrogens with one attached hydrogen (secondary N) is 2. The van der Waals surface area contributed by atoms with E-state index in [0.29, 0.717) is 5.02 Å². The van der Waals surface area contributed by atoms with Crippen molar-refractivity contribution in [2.75, 3.05) is 12.3 Å². The van der Waals surface area contributed by atoms with Crippen molar-refractivity contribution in [3.8, 4) is 0 Å². The van der Waals surface area contributed by atoms with Crippen LogP contribution in [0.4, 0.5) is 5.69 Å². The summed E-state index contributed by atoms with van der Waals surface area (Å²) in [5.41, 5.74) is 10.0. The summed E-state index contributed by atoms with van der Waals surface area (Å²) >= 11 is 5.76. The number of halogens is 1. The molecule has 0 aliphatic heterocycles. The van der Waals surface area contributed by atoms with Crippen LogP contribution in [-0.4, -0.2) is 24.4 Å². The first kappa shape index (κ1) is 16.4. The van der Waals surface area contributed by atoms with Crippen molar-refractivity contribution in [3.63, 3.8) is 0 Å². The molecule has 0 fully saturated rings. The Morgan fingerprint density at radius 3 is 2.70 bits per heavy atom. The molecule has 1 aromatic carbocycles. The topological polar surface area (TPSA) is 124 Å². The predicted octanol–water partition coefficient (Wildman–Crippen LogP) is 1.13. The molecule has 0 radical (unpaired) electrons. The maximum absolute atomic E-state index is 11.8. The van der Waals surface area contributed by atoms with Crippen LogP contribution in [0.2, 0.25) is 5.02 Å². The van der Waals surface area contributed by atoms with Crippen LogP contribution in [-0.2, 0) is 9.53 Å². The molecule has 2 aromatic rings. The van der Waals surface area contributed by atoms with E-state index >= 15 is 0 Å². The molecule has 23 heavy (non-hydrogen) atoms. The molecule has 0 saturated carbocycles. The van der Waals surface area contributed by atoms with Crippen LogP contribution >= 0.6 is 11.6 Å². The molecule has 0 bridgehead atoms.